The molecule has 0 amide bonds. The molecule has 0 saturated carbocycles. The van der Waals surface area contributed by atoms with Crippen molar-refractivity contribution in [3.05, 3.63) is 0 Å². The average molecular weight is 126 g/mol. The van der Waals surface area contributed by atoms with Crippen molar-refractivity contribution >= 4 is 8.60 Å². The van der Waals surface area contributed by atoms with Crippen molar-refractivity contribution in [3.63, 3.8) is 0 Å². The Morgan fingerprint density at radius 2 is 2.43 bits per heavy atom. The minimum atomic E-state index is -2.24. The average Bonchev–Trinajstić information content (AvgIpc) is 1.68. The van der Waals surface area contributed by atoms with Gasteiger partial charge in [-0.1, -0.05) is 0 Å². The zero-order chi connectivity index (χ0) is 5.70. The Labute approximate surface area is 43.2 Å². The van der Waals surface area contributed by atoms with Gasteiger partial charge in [0.05, 0.1) is 6.61 Å². The van der Waals surface area contributed by atoms with Gasteiger partial charge in [0.2, 0.25) is 0 Å². The van der Waals surface area contributed by atoms with Crippen LogP contribution in [0.1, 0.15) is 6.92 Å². The van der Waals surface area contributed by atoms with Crippen LogP contribution >= 0.6 is 8.60 Å². The molecule has 5 heteroatoms. The van der Waals surface area contributed by atoms with E-state index in [0.717, 1.165) is 0 Å². The van der Waals surface area contributed by atoms with Crippen molar-refractivity contribution in [1.82, 2.24) is 0 Å². The predicted octanol–water partition coefficient (Wildman–Crippen LogP) is -0.414. The Hall–Kier alpha value is 0.270. The third-order valence-corrected chi connectivity index (χ3v) is 1.14. The van der Waals surface area contributed by atoms with E-state index in [1.807, 2.05) is 0 Å². The highest BCUT2D eigenvalue weighted by Crippen LogP contribution is 2.29. The van der Waals surface area contributed by atoms with Gasteiger partial charge in [-0.25, -0.2) is 0 Å². The van der Waals surface area contributed by atoms with E-state index in [-0.39, 0.29) is 0 Å². The molecule has 0 fully saturated rings. The van der Waals surface area contributed by atoms with Gasteiger partial charge in [-0.2, -0.15) is 10.4 Å². The highest BCUT2D eigenvalue weighted by atomic mass is 31.2. The van der Waals surface area contributed by atoms with Gasteiger partial charge in [0.15, 0.2) is 0 Å². The van der Waals surface area contributed by atoms with Crippen LogP contribution in [0.3, 0.4) is 0 Å². The fourth-order valence-corrected chi connectivity index (χ4v) is 0.479. The molecule has 0 saturated heterocycles. The molecule has 1 atom stereocenters. The molecule has 0 aromatic carbocycles. The summed E-state index contributed by atoms with van der Waals surface area (Å²) in [5.74, 6) is 2.91. The van der Waals surface area contributed by atoms with Crippen molar-refractivity contribution in [2.45, 2.75) is 6.92 Å². The molecule has 0 heterocycles. The number of hydrogen-bond donors (Lipinski definition) is 1. The molecular weight excluding hydrogens is 117 g/mol. The first-order valence-corrected chi connectivity index (χ1v) is 3.12. The van der Waals surface area contributed by atoms with Crippen LogP contribution in [0.2, 0.25) is 0 Å². The molecular formula is C2H9NO3P+2. The van der Waals surface area contributed by atoms with Gasteiger partial charge in [0, 0.05) is 9.52 Å². The van der Waals surface area contributed by atoms with E-state index < -0.39 is 8.60 Å². The summed E-state index contributed by atoms with van der Waals surface area (Å²) in [6.07, 6.45) is 0. The largest absolute Gasteiger partial charge is 0.506 e. The van der Waals surface area contributed by atoms with Crippen LogP contribution in [0, 0.1) is 0 Å². The topological polar surface area (TPSA) is 66.0 Å². The van der Waals surface area contributed by atoms with Crippen molar-refractivity contribution in [2.24, 2.45) is 0 Å². The lowest BCUT2D eigenvalue weighted by atomic mass is 10.9. The van der Waals surface area contributed by atoms with E-state index in [2.05, 4.69) is 15.0 Å². The van der Waals surface area contributed by atoms with Crippen LogP contribution in [0.5, 0.6) is 0 Å². The second-order valence-electron chi connectivity index (χ2n) is 0.827. The summed E-state index contributed by atoms with van der Waals surface area (Å²) in [5.41, 5.74) is 0. The molecule has 1 radical (unpaired) electrons. The van der Waals surface area contributed by atoms with Gasteiger partial charge < -0.3 is 0 Å². The summed E-state index contributed by atoms with van der Waals surface area (Å²) >= 11 is 0. The molecule has 0 aromatic rings. The van der Waals surface area contributed by atoms with Crippen LogP contribution in [0.15, 0.2) is 0 Å². The zero-order valence-corrected chi connectivity index (χ0v) is 5.14. The Kier molecular flexibility index (Phi) is 4.60. The Morgan fingerprint density at radius 1 is 1.86 bits per heavy atom. The summed E-state index contributed by atoms with van der Waals surface area (Å²) in [6.45, 7) is 2.15. The molecule has 0 rings (SSSR count). The number of rotatable bonds is 3. The van der Waals surface area contributed by atoms with E-state index in [4.69, 9.17) is 0 Å². The van der Waals surface area contributed by atoms with E-state index in [1.165, 1.54) is 0 Å². The van der Waals surface area contributed by atoms with E-state index in [1.54, 1.807) is 6.92 Å². The first-order valence-electron chi connectivity index (χ1n) is 1.90. The molecule has 0 aliphatic rings. The van der Waals surface area contributed by atoms with E-state index in [9.17, 15) is 4.89 Å². The maximum Gasteiger partial charge on any atom is 0.506 e. The van der Waals surface area contributed by atoms with Crippen molar-refractivity contribution in [1.29, 1.82) is 0 Å². The summed E-state index contributed by atoms with van der Waals surface area (Å²) in [6, 6.07) is 0. The van der Waals surface area contributed by atoms with E-state index in [0.29, 0.717) is 6.61 Å². The molecule has 1 unspecified atom stereocenters. The fraction of sp³-hybridized carbons (Fsp3) is 1.00. The summed E-state index contributed by atoms with van der Waals surface area (Å²) in [4.78, 5) is 10.1. The number of hydrogen-bond acceptors (Lipinski definition) is 2. The summed E-state index contributed by atoms with van der Waals surface area (Å²) < 4.78 is 8.52. The standard InChI is InChI=1S/C2H9NO3P/c1-2-5-7(4)6-3/h7H,2H2,1,3H3/q+2. The maximum absolute atomic E-state index is 10.1. The van der Waals surface area contributed by atoms with Gasteiger partial charge in [0.1, 0.15) is 0 Å². The Morgan fingerprint density at radius 3 is 2.57 bits per heavy atom. The molecule has 3 N–H and O–H groups in total. The normalized spacial score (nSPS) is 14.1. The van der Waals surface area contributed by atoms with Crippen LogP contribution in [0.4, 0.5) is 0 Å². The minimum absolute atomic E-state index is 0.410. The first-order chi connectivity index (χ1) is 3.31. The lowest BCUT2D eigenvalue weighted by Crippen LogP contribution is -2.46. The van der Waals surface area contributed by atoms with E-state index >= 15 is 0 Å². The van der Waals surface area contributed by atoms with Gasteiger partial charge in [-0.15, -0.1) is 0 Å². The lowest BCUT2D eigenvalue weighted by molar-refractivity contribution is -0.640. The Balaban J connectivity index is 2.83. The third-order valence-electron chi connectivity index (χ3n) is 0.380. The van der Waals surface area contributed by atoms with Crippen molar-refractivity contribution in [2.75, 3.05) is 6.61 Å². The molecule has 0 aliphatic carbocycles. The fourth-order valence-electron chi connectivity index (χ4n) is 0.160. The molecule has 0 spiro atoms. The monoisotopic (exact) mass is 126 g/mol. The zero-order valence-electron chi connectivity index (χ0n) is 4.14. The van der Waals surface area contributed by atoms with Gasteiger partial charge in [-0.3, -0.25) is 0 Å². The van der Waals surface area contributed by atoms with Crippen molar-refractivity contribution < 1.29 is 19.9 Å². The van der Waals surface area contributed by atoms with Crippen LogP contribution in [-0.2, 0) is 14.0 Å². The molecule has 4 nitrogen and oxygen atoms in total. The molecule has 0 aliphatic heterocycles. The summed E-state index contributed by atoms with van der Waals surface area (Å²) in [7, 11) is -2.24. The molecule has 43 valence electrons. The smallest absolute Gasteiger partial charge is 0.173 e. The van der Waals surface area contributed by atoms with Gasteiger partial charge in [-0.05, 0) is 6.92 Å². The van der Waals surface area contributed by atoms with Crippen LogP contribution < -0.4 is 5.90 Å². The molecule has 0 bridgehead atoms. The predicted molar refractivity (Wildman–Crippen MR) is 24.6 cm³/mol. The SMILES string of the molecule is CCO[PH+]([O])O[NH3+]. The summed E-state index contributed by atoms with van der Waals surface area (Å²) in [5, 5.41) is 0. The molecule has 0 aromatic heterocycles. The van der Waals surface area contributed by atoms with Gasteiger partial charge in [0.25, 0.3) is 0 Å². The second kappa shape index (κ2) is 4.43. The highest BCUT2D eigenvalue weighted by Gasteiger charge is 2.15. The van der Waals surface area contributed by atoms with Crippen molar-refractivity contribution in [3.8, 4) is 0 Å². The van der Waals surface area contributed by atoms with Crippen LogP contribution in [-0.4, -0.2) is 6.61 Å². The molecule has 7 heavy (non-hydrogen) atoms. The third kappa shape index (κ3) is 4.12. The lowest BCUT2D eigenvalue weighted by Gasteiger charge is -1.85. The van der Waals surface area contributed by atoms with Crippen LogP contribution in [0.25, 0.3) is 0 Å². The minimum Gasteiger partial charge on any atom is -0.173 e. The van der Waals surface area contributed by atoms with Gasteiger partial charge >= 0.3 is 8.60 Å². The first kappa shape index (κ1) is 7.27. The highest BCUT2D eigenvalue weighted by molar-refractivity contribution is 7.40. The Bertz CT molecular complexity index is 43.9. The second-order valence-corrected chi connectivity index (χ2v) is 1.90. The quantitative estimate of drug-likeness (QED) is 0.412. The number of quaternary nitrogens is 1. The maximum atomic E-state index is 10.1.